The van der Waals surface area contributed by atoms with Crippen molar-refractivity contribution in [3.05, 3.63) is 0 Å². The minimum absolute atomic E-state index is 0.00174. The summed E-state index contributed by atoms with van der Waals surface area (Å²) in [5.41, 5.74) is 0. The second-order valence-corrected chi connectivity index (χ2v) is 6.20. The number of carbonyl (C=O) groups excluding carboxylic acids is 1. The van der Waals surface area contributed by atoms with Gasteiger partial charge < -0.3 is 15.5 Å². The molecular formula is C14H25N3O. The van der Waals surface area contributed by atoms with Gasteiger partial charge in [-0.2, -0.15) is 0 Å². The summed E-state index contributed by atoms with van der Waals surface area (Å²) in [6.45, 7) is 4.83. The maximum absolute atomic E-state index is 12.6. The molecule has 0 aromatic heterocycles. The molecule has 0 bridgehead atoms. The fourth-order valence-electron chi connectivity index (χ4n) is 3.84. The number of nitrogens with zero attached hydrogens (tertiary/aromatic N) is 1. The van der Waals surface area contributed by atoms with Gasteiger partial charge in [-0.05, 0) is 32.1 Å². The van der Waals surface area contributed by atoms with Gasteiger partial charge in [0, 0.05) is 31.7 Å². The molecule has 102 valence electrons. The minimum Gasteiger partial charge on any atom is -0.338 e. The van der Waals surface area contributed by atoms with Crippen LogP contribution < -0.4 is 10.6 Å². The van der Waals surface area contributed by atoms with Crippen molar-refractivity contribution in [3.63, 3.8) is 0 Å². The predicted molar refractivity (Wildman–Crippen MR) is 71.3 cm³/mol. The SMILES string of the molecule is CC1CNC(C(=O)N2CCC3CCCCC32)CN1. The lowest BCUT2D eigenvalue weighted by molar-refractivity contribution is -0.135. The van der Waals surface area contributed by atoms with E-state index in [1.165, 1.54) is 32.1 Å². The lowest BCUT2D eigenvalue weighted by Gasteiger charge is -2.36. The fourth-order valence-corrected chi connectivity index (χ4v) is 3.84. The smallest absolute Gasteiger partial charge is 0.241 e. The lowest BCUT2D eigenvalue weighted by Crippen LogP contribution is -2.60. The number of fused-ring (bicyclic) bond motifs is 1. The van der Waals surface area contributed by atoms with Gasteiger partial charge in [0.1, 0.15) is 0 Å². The zero-order valence-corrected chi connectivity index (χ0v) is 11.3. The van der Waals surface area contributed by atoms with Crippen LogP contribution in [0, 0.1) is 5.92 Å². The molecule has 3 fully saturated rings. The molecule has 3 rings (SSSR count). The fraction of sp³-hybridized carbons (Fsp3) is 0.929. The van der Waals surface area contributed by atoms with E-state index in [1.807, 2.05) is 0 Å². The van der Waals surface area contributed by atoms with Gasteiger partial charge in [-0.1, -0.05) is 12.8 Å². The van der Waals surface area contributed by atoms with Crippen molar-refractivity contribution in [2.45, 2.75) is 57.2 Å². The Morgan fingerprint density at radius 3 is 2.72 bits per heavy atom. The van der Waals surface area contributed by atoms with E-state index >= 15 is 0 Å². The molecule has 0 spiro atoms. The number of nitrogens with one attached hydrogen (secondary N) is 2. The molecule has 0 aromatic carbocycles. The predicted octanol–water partition coefficient (Wildman–Crippen LogP) is 0.727. The molecule has 2 aliphatic heterocycles. The maximum Gasteiger partial charge on any atom is 0.241 e. The van der Waals surface area contributed by atoms with Crippen molar-refractivity contribution in [2.24, 2.45) is 5.92 Å². The number of likely N-dealkylation sites (tertiary alicyclic amines) is 1. The van der Waals surface area contributed by atoms with Crippen LogP contribution in [0.5, 0.6) is 0 Å². The molecule has 3 aliphatic rings. The molecule has 2 N–H and O–H groups in total. The molecule has 4 atom stereocenters. The van der Waals surface area contributed by atoms with Crippen molar-refractivity contribution in [1.82, 2.24) is 15.5 Å². The summed E-state index contributed by atoms with van der Waals surface area (Å²) < 4.78 is 0. The highest BCUT2D eigenvalue weighted by atomic mass is 16.2. The van der Waals surface area contributed by atoms with Crippen molar-refractivity contribution in [2.75, 3.05) is 19.6 Å². The Kier molecular flexibility index (Phi) is 3.57. The van der Waals surface area contributed by atoms with Crippen LogP contribution in [0.2, 0.25) is 0 Å². The van der Waals surface area contributed by atoms with Crippen LogP contribution >= 0.6 is 0 Å². The second-order valence-electron chi connectivity index (χ2n) is 6.20. The molecule has 1 amide bonds. The van der Waals surface area contributed by atoms with Crippen molar-refractivity contribution in [1.29, 1.82) is 0 Å². The topological polar surface area (TPSA) is 44.4 Å². The first kappa shape index (κ1) is 12.4. The van der Waals surface area contributed by atoms with E-state index in [9.17, 15) is 4.79 Å². The molecule has 1 aliphatic carbocycles. The van der Waals surface area contributed by atoms with E-state index in [0.29, 0.717) is 18.0 Å². The molecule has 4 nitrogen and oxygen atoms in total. The summed E-state index contributed by atoms with van der Waals surface area (Å²) in [6, 6.07) is 1.03. The van der Waals surface area contributed by atoms with Crippen LogP contribution in [-0.2, 0) is 4.79 Å². The van der Waals surface area contributed by atoms with Gasteiger partial charge in [-0.3, -0.25) is 4.79 Å². The number of carbonyl (C=O) groups is 1. The summed E-state index contributed by atoms with van der Waals surface area (Å²) in [4.78, 5) is 14.8. The Morgan fingerprint density at radius 1 is 1.11 bits per heavy atom. The van der Waals surface area contributed by atoms with Crippen molar-refractivity contribution < 1.29 is 4.79 Å². The van der Waals surface area contributed by atoms with E-state index in [0.717, 1.165) is 25.6 Å². The van der Waals surface area contributed by atoms with Crippen LogP contribution in [-0.4, -0.2) is 48.6 Å². The Bertz CT molecular complexity index is 312. The Hall–Kier alpha value is -0.610. The number of piperazine rings is 1. The zero-order valence-electron chi connectivity index (χ0n) is 11.3. The van der Waals surface area contributed by atoms with Gasteiger partial charge >= 0.3 is 0 Å². The maximum atomic E-state index is 12.6. The summed E-state index contributed by atoms with van der Waals surface area (Å²) in [7, 11) is 0. The zero-order chi connectivity index (χ0) is 12.5. The summed E-state index contributed by atoms with van der Waals surface area (Å²) >= 11 is 0. The van der Waals surface area contributed by atoms with Crippen LogP contribution in [0.1, 0.15) is 39.0 Å². The highest BCUT2D eigenvalue weighted by molar-refractivity contribution is 5.83. The van der Waals surface area contributed by atoms with Gasteiger partial charge in [0.2, 0.25) is 5.91 Å². The first-order chi connectivity index (χ1) is 8.75. The summed E-state index contributed by atoms with van der Waals surface area (Å²) in [5.74, 6) is 1.13. The van der Waals surface area contributed by atoms with Crippen LogP contribution in [0.25, 0.3) is 0 Å². The molecule has 2 saturated heterocycles. The highest BCUT2D eigenvalue weighted by Gasteiger charge is 2.40. The molecule has 4 unspecified atom stereocenters. The van der Waals surface area contributed by atoms with Gasteiger partial charge in [-0.15, -0.1) is 0 Å². The molecule has 0 aromatic rings. The summed E-state index contributed by atoms with van der Waals surface area (Å²) in [5, 5.41) is 6.79. The molecule has 4 heteroatoms. The van der Waals surface area contributed by atoms with E-state index in [-0.39, 0.29) is 6.04 Å². The Morgan fingerprint density at radius 2 is 1.94 bits per heavy atom. The van der Waals surface area contributed by atoms with Gasteiger partial charge in [0.15, 0.2) is 0 Å². The third-order valence-corrected chi connectivity index (χ3v) is 4.93. The first-order valence-electron chi connectivity index (χ1n) is 7.53. The lowest BCUT2D eigenvalue weighted by atomic mass is 9.85. The highest BCUT2D eigenvalue weighted by Crippen LogP contribution is 2.36. The average Bonchev–Trinajstić information content (AvgIpc) is 2.82. The van der Waals surface area contributed by atoms with Crippen LogP contribution in [0.3, 0.4) is 0 Å². The summed E-state index contributed by atoms with van der Waals surface area (Å²) in [6.07, 6.45) is 6.46. The van der Waals surface area contributed by atoms with E-state index in [2.05, 4.69) is 22.5 Å². The molecule has 2 heterocycles. The van der Waals surface area contributed by atoms with Crippen LogP contribution in [0.4, 0.5) is 0 Å². The molecule has 1 saturated carbocycles. The number of hydrogen-bond acceptors (Lipinski definition) is 3. The Labute approximate surface area is 109 Å². The normalized spacial score (nSPS) is 40.6. The average molecular weight is 251 g/mol. The van der Waals surface area contributed by atoms with Crippen molar-refractivity contribution >= 4 is 5.91 Å². The largest absolute Gasteiger partial charge is 0.338 e. The van der Waals surface area contributed by atoms with E-state index in [4.69, 9.17) is 0 Å². The van der Waals surface area contributed by atoms with E-state index in [1.54, 1.807) is 0 Å². The standard InChI is InChI=1S/C14H25N3O/c1-10-8-16-12(9-15-10)14(18)17-7-6-11-4-2-3-5-13(11)17/h10-13,15-16H,2-9H2,1H3. The monoisotopic (exact) mass is 251 g/mol. The first-order valence-corrected chi connectivity index (χ1v) is 7.53. The molecule has 18 heavy (non-hydrogen) atoms. The van der Waals surface area contributed by atoms with Crippen molar-refractivity contribution in [3.8, 4) is 0 Å². The van der Waals surface area contributed by atoms with Crippen LogP contribution in [0.15, 0.2) is 0 Å². The number of rotatable bonds is 1. The second kappa shape index (κ2) is 5.17. The minimum atomic E-state index is 0.00174. The third-order valence-electron chi connectivity index (χ3n) is 4.93. The van der Waals surface area contributed by atoms with Gasteiger partial charge in [0.05, 0.1) is 6.04 Å². The van der Waals surface area contributed by atoms with E-state index < -0.39 is 0 Å². The Balaban J connectivity index is 1.62. The quantitative estimate of drug-likeness (QED) is 0.722. The van der Waals surface area contributed by atoms with Gasteiger partial charge in [-0.25, -0.2) is 0 Å². The number of hydrogen-bond donors (Lipinski definition) is 2. The molecule has 0 radical (unpaired) electrons. The third kappa shape index (κ3) is 2.28. The number of amides is 1. The molecular weight excluding hydrogens is 226 g/mol. The van der Waals surface area contributed by atoms with Gasteiger partial charge in [0.25, 0.3) is 0 Å².